The number of aromatic nitrogens is 6. The van der Waals surface area contributed by atoms with Gasteiger partial charge in [0.1, 0.15) is 23.7 Å². The fourth-order valence-corrected chi connectivity index (χ4v) is 4.27. The van der Waals surface area contributed by atoms with Crippen LogP contribution in [0.2, 0.25) is 5.02 Å². The number of imidazole rings is 1. The average molecular weight is 532 g/mol. The van der Waals surface area contributed by atoms with Gasteiger partial charge in [0, 0.05) is 24.0 Å². The van der Waals surface area contributed by atoms with Crippen LogP contribution in [0, 0.1) is 0 Å². The molecule has 4 aromatic rings. The van der Waals surface area contributed by atoms with Crippen molar-refractivity contribution < 1.29 is 31.9 Å². The van der Waals surface area contributed by atoms with E-state index in [0.717, 1.165) is 0 Å². The van der Waals surface area contributed by atoms with Crippen LogP contribution in [0.25, 0.3) is 21.9 Å². The molecule has 0 radical (unpaired) electrons. The lowest BCUT2D eigenvalue weighted by Crippen LogP contribution is -2.30. The van der Waals surface area contributed by atoms with Gasteiger partial charge in [0.15, 0.2) is 5.82 Å². The van der Waals surface area contributed by atoms with Crippen LogP contribution in [0.15, 0.2) is 30.7 Å². The number of hydrogen-bond donors (Lipinski definition) is 1. The van der Waals surface area contributed by atoms with Gasteiger partial charge in [0.05, 0.1) is 30.2 Å². The minimum atomic E-state index is -5.08. The Morgan fingerprint density at radius 2 is 1.92 bits per heavy atom. The van der Waals surface area contributed by atoms with E-state index in [1.165, 1.54) is 0 Å². The maximum Gasteiger partial charge on any atom is 0.490 e. The second-order valence-electron chi connectivity index (χ2n) is 8.34. The summed E-state index contributed by atoms with van der Waals surface area (Å²) in [6.07, 6.45) is -1.64. The van der Waals surface area contributed by atoms with Gasteiger partial charge < -0.3 is 9.67 Å². The van der Waals surface area contributed by atoms with Gasteiger partial charge in [-0.25, -0.2) is 23.5 Å². The van der Waals surface area contributed by atoms with E-state index in [2.05, 4.69) is 20.1 Å². The largest absolute Gasteiger partial charge is 0.490 e. The highest BCUT2D eigenvalue weighted by molar-refractivity contribution is 6.31. The van der Waals surface area contributed by atoms with Crippen LogP contribution < -0.4 is 0 Å². The zero-order valence-electron chi connectivity index (χ0n) is 18.8. The quantitative estimate of drug-likeness (QED) is 0.402. The molecule has 0 spiro atoms. The molecular formula is C21H19ClF5N7O2. The summed E-state index contributed by atoms with van der Waals surface area (Å²) in [7, 11) is 3.46. The molecular weight excluding hydrogens is 513 g/mol. The normalized spacial score (nSPS) is 17.9. The molecule has 36 heavy (non-hydrogen) atoms. The van der Waals surface area contributed by atoms with Crippen LogP contribution in [0.1, 0.15) is 17.7 Å². The van der Waals surface area contributed by atoms with Crippen LogP contribution >= 0.6 is 11.6 Å². The van der Waals surface area contributed by atoms with E-state index in [9.17, 15) is 22.0 Å². The van der Waals surface area contributed by atoms with Crippen molar-refractivity contribution in [1.29, 1.82) is 0 Å². The van der Waals surface area contributed by atoms with Gasteiger partial charge in [-0.05, 0) is 25.2 Å². The minimum Gasteiger partial charge on any atom is -0.475 e. The van der Waals surface area contributed by atoms with Gasteiger partial charge in [-0.3, -0.25) is 14.6 Å². The number of likely N-dealkylation sites (N-methyl/N-ethyl adjacent to an activating group) is 1. The summed E-state index contributed by atoms with van der Waals surface area (Å²) in [5.41, 5.74) is 1.85. The molecule has 1 aromatic carbocycles. The van der Waals surface area contributed by atoms with Crippen molar-refractivity contribution in [1.82, 2.24) is 34.2 Å². The summed E-state index contributed by atoms with van der Waals surface area (Å²) >= 11 is 6.21. The molecule has 1 saturated heterocycles. The molecule has 0 amide bonds. The predicted molar refractivity (Wildman–Crippen MR) is 119 cm³/mol. The number of rotatable bonds is 3. The van der Waals surface area contributed by atoms with E-state index >= 15 is 0 Å². The number of benzene rings is 1. The molecule has 1 atom stereocenters. The molecule has 0 bridgehead atoms. The first-order chi connectivity index (χ1) is 16.8. The molecule has 4 heterocycles. The second kappa shape index (κ2) is 9.24. The van der Waals surface area contributed by atoms with Gasteiger partial charge in [-0.2, -0.15) is 18.3 Å². The van der Waals surface area contributed by atoms with Crippen LogP contribution in [-0.2, 0) is 18.3 Å². The zero-order chi connectivity index (χ0) is 26.4. The average Bonchev–Trinajstić information content (AvgIpc) is 3.41. The Hall–Kier alpha value is -3.39. The Labute approximate surface area is 205 Å². The number of halogens is 6. The summed E-state index contributed by atoms with van der Waals surface area (Å²) in [4.78, 5) is 23.8. The molecule has 0 saturated carbocycles. The van der Waals surface area contributed by atoms with Crippen LogP contribution in [0.5, 0.6) is 0 Å². The number of hydrogen-bond acceptors (Lipinski definition) is 6. The topological polar surface area (TPSA) is 102 Å². The SMILES string of the molecule is CN1CC(n2c(Cc3ncn(C)n3)nc3cnc4ccc(Cl)cc4c32)C(F)(F)C1.O=C(O)C(F)(F)F. The molecule has 1 fully saturated rings. The number of likely N-dealkylation sites (tertiary alicyclic amines) is 1. The molecule has 3 aromatic heterocycles. The third-order valence-corrected chi connectivity index (χ3v) is 5.76. The summed E-state index contributed by atoms with van der Waals surface area (Å²) in [6.45, 7) is -0.0894. The van der Waals surface area contributed by atoms with Crippen LogP contribution in [0.4, 0.5) is 22.0 Å². The number of alkyl halides is 5. The van der Waals surface area contributed by atoms with Gasteiger partial charge in [-0.15, -0.1) is 0 Å². The summed E-state index contributed by atoms with van der Waals surface area (Å²) in [6, 6.07) is 4.22. The molecule has 9 nitrogen and oxygen atoms in total. The summed E-state index contributed by atoms with van der Waals surface area (Å²) in [5, 5.41) is 12.6. The first-order valence-electron chi connectivity index (χ1n) is 10.4. The fraction of sp³-hybridized carbons (Fsp3) is 0.381. The van der Waals surface area contributed by atoms with E-state index in [-0.39, 0.29) is 19.5 Å². The van der Waals surface area contributed by atoms with Crippen molar-refractivity contribution in [3.63, 3.8) is 0 Å². The molecule has 1 aliphatic rings. The molecule has 5 rings (SSSR count). The number of aryl methyl sites for hydroxylation is 1. The van der Waals surface area contributed by atoms with Crippen molar-refractivity contribution in [3.8, 4) is 0 Å². The molecule has 192 valence electrons. The van der Waals surface area contributed by atoms with Crippen molar-refractivity contribution >= 4 is 39.5 Å². The Balaban J connectivity index is 0.000000384. The van der Waals surface area contributed by atoms with Gasteiger partial charge in [0.25, 0.3) is 5.92 Å². The lowest BCUT2D eigenvalue weighted by atomic mass is 10.1. The Morgan fingerprint density at radius 3 is 2.47 bits per heavy atom. The highest BCUT2D eigenvalue weighted by atomic mass is 35.5. The number of nitrogens with zero attached hydrogens (tertiary/aromatic N) is 7. The monoisotopic (exact) mass is 531 g/mol. The van der Waals surface area contributed by atoms with E-state index < -0.39 is 24.1 Å². The number of fused-ring (bicyclic) bond motifs is 3. The van der Waals surface area contributed by atoms with Gasteiger partial charge in [0.2, 0.25) is 0 Å². The standard InChI is InChI=1S/C19H18ClF2N7.C2HF3O2/c1-27-8-15(19(21,22)9-27)29-17(6-16-24-10-28(2)26-16)25-14-7-23-13-4-3-11(20)5-12(13)18(14)29;3-2(4,5)1(6)7/h3-5,7,10,15H,6,8-9H2,1-2H3;(H,6,7). The Morgan fingerprint density at radius 1 is 1.22 bits per heavy atom. The Bertz CT molecular complexity index is 1440. The fourth-order valence-electron chi connectivity index (χ4n) is 4.09. The molecule has 1 N–H and O–H groups in total. The predicted octanol–water partition coefficient (Wildman–Crippen LogP) is 3.71. The van der Waals surface area contributed by atoms with Crippen molar-refractivity contribution in [2.75, 3.05) is 20.1 Å². The lowest BCUT2D eigenvalue weighted by molar-refractivity contribution is -0.192. The maximum atomic E-state index is 15.0. The highest BCUT2D eigenvalue weighted by Gasteiger charge is 2.49. The number of carboxylic acids is 1. The minimum absolute atomic E-state index is 0.214. The molecule has 1 aliphatic heterocycles. The van der Waals surface area contributed by atoms with E-state index in [4.69, 9.17) is 21.5 Å². The third-order valence-electron chi connectivity index (χ3n) is 5.52. The first-order valence-corrected chi connectivity index (χ1v) is 10.8. The lowest BCUT2D eigenvalue weighted by Gasteiger charge is -2.22. The van der Waals surface area contributed by atoms with E-state index in [0.29, 0.717) is 38.6 Å². The van der Waals surface area contributed by atoms with E-state index in [1.54, 1.807) is 59.0 Å². The van der Waals surface area contributed by atoms with Gasteiger partial charge in [-0.1, -0.05) is 11.6 Å². The van der Waals surface area contributed by atoms with Crippen LogP contribution in [0.3, 0.4) is 0 Å². The molecule has 1 unspecified atom stereocenters. The maximum absolute atomic E-state index is 15.0. The Kier molecular flexibility index (Phi) is 6.60. The molecule has 0 aliphatic carbocycles. The zero-order valence-corrected chi connectivity index (χ0v) is 19.6. The van der Waals surface area contributed by atoms with Crippen LogP contribution in [-0.4, -0.2) is 77.5 Å². The number of carbonyl (C=O) groups is 1. The number of pyridine rings is 1. The smallest absolute Gasteiger partial charge is 0.475 e. The molecule has 15 heteroatoms. The number of carboxylic acid groups (broad SMARTS) is 1. The second-order valence-corrected chi connectivity index (χ2v) is 8.78. The van der Waals surface area contributed by atoms with Crippen molar-refractivity contribution in [2.24, 2.45) is 7.05 Å². The van der Waals surface area contributed by atoms with Crippen molar-refractivity contribution in [3.05, 3.63) is 47.4 Å². The highest BCUT2D eigenvalue weighted by Crippen LogP contribution is 2.40. The first kappa shape index (κ1) is 25.7. The third kappa shape index (κ3) is 5.09. The number of aliphatic carboxylic acids is 1. The van der Waals surface area contributed by atoms with Crippen molar-refractivity contribution in [2.45, 2.75) is 24.6 Å². The summed E-state index contributed by atoms with van der Waals surface area (Å²) in [5.74, 6) is -4.65. The summed E-state index contributed by atoms with van der Waals surface area (Å²) < 4.78 is 64.9. The van der Waals surface area contributed by atoms with E-state index in [1.807, 2.05) is 0 Å². The van der Waals surface area contributed by atoms with Gasteiger partial charge >= 0.3 is 12.1 Å².